The van der Waals surface area contributed by atoms with Crippen LogP contribution in [0, 0.1) is 0 Å². The number of hydrogen-bond donors (Lipinski definition) is 1. The third-order valence-electron chi connectivity index (χ3n) is 2.47. The van der Waals surface area contributed by atoms with Crippen LogP contribution < -0.4 is 0 Å². The Morgan fingerprint density at radius 2 is 1.04 bits per heavy atom. The zero-order chi connectivity index (χ0) is 20.1. The molecule has 0 heterocycles. The average molecular weight is 369 g/mol. The first kappa shape index (κ1) is 31.1. The average Bonchev–Trinajstić information content (AvgIpc) is 2.47. The number of aliphatic hydroxyl groups is 1. The predicted molar refractivity (Wildman–Crippen MR) is 104 cm³/mol. The highest BCUT2D eigenvalue weighted by atomic mass is 32.2. The molecule has 0 spiro atoms. The molecule has 0 aromatic carbocycles. The number of ether oxygens (including phenoxy) is 2. The Balaban J connectivity index is -0.000000118. The highest BCUT2D eigenvalue weighted by Crippen LogP contribution is 1.95. The molecular formula is C18H40O5S. The Kier molecular flexibility index (Phi) is 31.7. The van der Waals surface area contributed by atoms with Gasteiger partial charge in [-0.3, -0.25) is 9.59 Å². The number of hydrogen-bond acceptors (Lipinski definition) is 6. The number of carbonyl (C=O) groups excluding carboxylic acids is 2. The normalized spacial score (nSPS) is 12.5. The molecule has 0 aliphatic rings. The molecule has 6 heteroatoms. The second kappa shape index (κ2) is 24.5. The van der Waals surface area contributed by atoms with Crippen molar-refractivity contribution in [3.8, 4) is 0 Å². The molecule has 1 N–H and O–H groups in total. The van der Waals surface area contributed by atoms with Crippen molar-refractivity contribution in [2.45, 2.75) is 93.0 Å². The van der Waals surface area contributed by atoms with Gasteiger partial charge in [-0.25, -0.2) is 0 Å². The molecule has 0 bridgehead atoms. The fourth-order valence-electron chi connectivity index (χ4n) is 0.733. The SMILES string of the molecule is CCC(C)O.CCC(C)OC(C)=O.CCC(C)OC(C)=O.CSC. The number of aliphatic hydroxyl groups excluding tert-OH is 1. The second-order valence-electron chi connectivity index (χ2n) is 5.32. The molecule has 148 valence electrons. The lowest BCUT2D eigenvalue weighted by Gasteiger charge is -2.06. The van der Waals surface area contributed by atoms with Crippen LogP contribution in [0.5, 0.6) is 0 Å². The van der Waals surface area contributed by atoms with Crippen molar-refractivity contribution in [1.29, 1.82) is 0 Å². The van der Waals surface area contributed by atoms with Gasteiger partial charge in [-0.15, -0.1) is 0 Å². The van der Waals surface area contributed by atoms with Crippen LogP contribution in [-0.2, 0) is 19.1 Å². The Morgan fingerprint density at radius 3 is 1.08 bits per heavy atom. The van der Waals surface area contributed by atoms with E-state index in [1.807, 2.05) is 47.1 Å². The van der Waals surface area contributed by atoms with Crippen LogP contribution >= 0.6 is 11.8 Å². The first-order valence-corrected chi connectivity index (χ1v) is 10.1. The van der Waals surface area contributed by atoms with Crippen LogP contribution in [0.25, 0.3) is 0 Å². The topological polar surface area (TPSA) is 72.8 Å². The maximum atomic E-state index is 10.2. The van der Waals surface area contributed by atoms with E-state index >= 15 is 0 Å². The Bertz CT molecular complexity index is 248. The van der Waals surface area contributed by atoms with E-state index in [4.69, 9.17) is 14.6 Å². The van der Waals surface area contributed by atoms with Crippen molar-refractivity contribution in [2.24, 2.45) is 0 Å². The zero-order valence-electron chi connectivity index (χ0n) is 17.3. The summed E-state index contributed by atoms with van der Waals surface area (Å²) in [6, 6.07) is 0. The standard InChI is InChI=1S/2C6H12O2.C4H10O.C2H6S/c2*1-4-5(2)8-6(3)7;1-3-4(2)5;1-3-2/h2*5H,4H2,1-3H3;4-5H,3H2,1-2H3;1-2H3. The quantitative estimate of drug-likeness (QED) is 0.723. The van der Waals surface area contributed by atoms with Gasteiger partial charge in [0.2, 0.25) is 0 Å². The van der Waals surface area contributed by atoms with Crippen LogP contribution in [0.3, 0.4) is 0 Å². The molecule has 0 saturated carbocycles. The van der Waals surface area contributed by atoms with Gasteiger partial charge in [-0.1, -0.05) is 20.8 Å². The summed E-state index contributed by atoms with van der Waals surface area (Å²) >= 11 is 1.75. The maximum Gasteiger partial charge on any atom is 0.302 e. The third kappa shape index (κ3) is 49.6. The van der Waals surface area contributed by atoms with Crippen LogP contribution in [0.2, 0.25) is 0 Å². The van der Waals surface area contributed by atoms with Crippen molar-refractivity contribution in [3.05, 3.63) is 0 Å². The van der Waals surface area contributed by atoms with Crippen LogP contribution in [-0.4, -0.2) is 47.9 Å². The fourth-order valence-corrected chi connectivity index (χ4v) is 0.733. The van der Waals surface area contributed by atoms with E-state index in [2.05, 4.69) is 0 Å². The van der Waals surface area contributed by atoms with Gasteiger partial charge in [0.1, 0.15) is 0 Å². The van der Waals surface area contributed by atoms with E-state index in [1.165, 1.54) is 13.8 Å². The summed E-state index contributed by atoms with van der Waals surface area (Å²) in [5.74, 6) is -0.390. The minimum atomic E-state index is -0.195. The molecule has 0 radical (unpaired) electrons. The van der Waals surface area contributed by atoms with Gasteiger partial charge in [0.25, 0.3) is 0 Å². The molecule has 0 aliphatic heterocycles. The van der Waals surface area contributed by atoms with Gasteiger partial charge in [0, 0.05) is 13.8 Å². The summed E-state index contributed by atoms with van der Waals surface area (Å²) in [5.41, 5.74) is 0. The Labute approximate surface area is 153 Å². The molecular weight excluding hydrogens is 328 g/mol. The molecule has 24 heavy (non-hydrogen) atoms. The van der Waals surface area contributed by atoms with E-state index in [0.717, 1.165) is 19.3 Å². The van der Waals surface area contributed by atoms with E-state index in [1.54, 1.807) is 18.7 Å². The molecule has 3 unspecified atom stereocenters. The van der Waals surface area contributed by atoms with Crippen molar-refractivity contribution < 1.29 is 24.2 Å². The van der Waals surface area contributed by atoms with Gasteiger partial charge >= 0.3 is 11.9 Å². The second-order valence-corrected chi connectivity index (χ2v) is 6.14. The van der Waals surface area contributed by atoms with Crippen molar-refractivity contribution in [1.82, 2.24) is 0 Å². The summed E-state index contributed by atoms with van der Waals surface area (Å²) in [4.78, 5) is 20.4. The number of carbonyl (C=O) groups is 2. The van der Waals surface area contributed by atoms with Crippen molar-refractivity contribution in [3.63, 3.8) is 0 Å². The highest BCUT2D eigenvalue weighted by Gasteiger charge is 1.99. The van der Waals surface area contributed by atoms with Crippen LogP contribution in [0.1, 0.15) is 74.7 Å². The lowest BCUT2D eigenvalue weighted by atomic mass is 10.3. The lowest BCUT2D eigenvalue weighted by Crippen LogP contribution is -2.09. The Morgan fingerprint density at radius 1 is 0.833 bits per heavy atom. The Hall–Kier alpha value is -0.750. The number of rotatable bonds is 5. The lowest BCUT2D eigenvalue weighted by molar-refractivity contribution is -0.146. The highest BCUT2D eigenvalue weighted by molar-refractivity contribution is 7.97. The number of thioether (sulfide) groups is 1. The summed E-state index contributed by atoms with van der Waals surface area (Å²) in [6.07, 6.45) is 6.76. The van der Waals surface area contributed by atoms with Crippen molar-refractivity contribution >= 4 is 23.7 Å². The molecule has 0 amide bonds. The van der Waals surface area contributed by atoms with Gasteiger partial charge in [-0.05, 0) is 52.5 Å². The molecule has 0 saturated heterocycles. The molecule has 0 fully saturated rings. The third-order valence-corrected chi connectivity index (χ3v) is 2.47. The first-order chi connectivity index (χ1) is 11.0. The number of esters is 2. The van der Waals surface area contributed by atoms with Gasteiger partial charge in [0.05, 0.1) is 18.3 Å². The summed E-state index contributed by atoms with van der Waals surface area (Å²) in [5, 5.41) is 8.36. The van der Waals surface area contributed by atoms with Gasteiger partial charge in [0.15, 0.2) is 0 Å². The summed E-state index contributed by atoms with van der Waals surface area (Å²) in [6.45, 7) is 14.3. The maximum absolute atomic E-state index is 10.2. The molecule has 0 aliphatic carbocycles. The van der Waals surface area contributed by atoms with E-state index in [0.29, 0.717) is 0 Å². The van der Waals surface area contributed by atoms with Crippen molar-refractivity contribution in [2.75, 3.05) is 12.5 Å². The molecule has 5 nitrogen and oxygen atoms in total. The minimum Gasteiger partial charge on any atom is -0.463 e. The summed E-state index contributed by atoms with van der Waals surface area (Å²) in [7, 11) is 0. The van der Waals surface area contributed by atoms with Gasteiger partial charge in [-0.2, -0.15) is 11.8 Å². The summed E-state index contributed by atoms with van der Waals surface area (Å²) < 4.78 is 9.52. The molecule has 0 rings (SSSR count). The molecule has 3 atom stereocenters. The van der Waals surface area contributed by atoms with Crippen LogP contribution in [0.15, 0.2) is 0 Å². The monoisotopic (exact) mass is 368 g/mol. The predicted octanol–water partition coefficient (Wildman–Crippen LogP) is 4.45. The smallest absolute Gasteiger partial charge is 0.302 e. The minimum absolute atomic E-state index is 0.0764. The molecule has 0 aromatic rings. The van der Waals surface area contributed by atoms with E-state index in [-0.39, 0.29) is 30.3 Å². The largest absolute Gasteiger partial charge is 0.463 e. The van der Waals surface area contributed by atoms with Gasteiger partial charge < -0.3 is 14.6 Å². The van der Waals surface area contributed by atoms with E-state index < -0.39 is 0 Å². The van der Waals surface area contributed by atoms with Crippen LogP contribution in [0.4, 0.5) is 0 Å². The molecule has 0 aromatic heterocycles. The first-order valence-electron chi connectivity index (χ1n) is 8.44. The zero-order valence-corrected chi connectivity index (χ0v) is 18.2. The van der Waals surface area contributed by atoms with E-state index in [9.17, 15) is 9.59 Å². The fraction of sp³-hybridized carbons (Fsp3) is 0.889.